The number of likely N-dealkylation sites (N-methyl/N-ethyl adjacent to an activating group) is 1. The van der Waals surface area contributed by atoms with Crippen LogP contribution in [0.2, 0.25) is 0 Å². The third kappa shape index (κ3) is 5.12. The molecule has 0 unspecified atom stereocenters. The number of hydrogen-bond acceptors (Lipinski definition) is 7. The molecule has 188 valence electrons. The Hall–Kier alpha value is -2.93. The van der Waals surface area contributed by atoms with E-state index in [4.69, 9.17) is 12.2 Å². The number of rotatable bonds is 6. The summed E-state index contributed by atoms with van der Waals surface area (Å²) in [6.45, 7) is 10.0. The Morgan fingerprint density at radius 3 is 2.39 bits per heavy atom. The highest BCUT2D eigenvalue weighted by atomic mass is 32.2. The molecule has 0 aliphatic carbocycles. The molecule has 2 aliphatic heterocycles. The molecule has 1 aromatic carbocycles. The lowest BCUT2D eigenvalue weighted by Gasteiger charge is -2.36. The predicted molar refractivity (Wildman–Crippen MR) is 150 cm³/mol. The third-order valence-electron chi connectivity index (χ3n) is 6.71. The monoisotopic (exact) mass is 521 g/mol. The van der Waals surface area contributed by atoms with Gasteiger partial charge >= 0.3 is 0 Å². The van der Waals surface area contributed by atoms with Crippen LogP contribution in [0, 0.1) is 25.2 Å². The summed E-state index contributed by atoms with van der Waals surface area (Å²) >= 11 is 6.85. The number of anilines is 1. The van der Waals surface area contributed by atoms with E-state index in [0.29, 0.717) is 27.9 Å². The molecule has 2 aromatic rings. The van der Waals surface area contributed by atoms with Gasteiger partial charge in [0.25, 0.3) is 11.5 Å². The number of carbonyl (C=O) groups excluding carboxylic acids is 1. The smallest absolute Gasteiger partial charge is 0.270 e. The molecule has 0 radical (unpaired) electrons. The van der Waals surface area contributed by atoms with Crippen molar-refractivity contribution in [3.8, 4) is 6.07 Å². The lowest BCUT2D eigenvalue weighted by Crippen LogP contribution is -2.47. The fourth-order valence-electron chi connectivity index (χ4n) is 4.58. The lowest BCUT2D eigenvalue weighted by molar-refractivity contribution is -0.122. The van der Waals surface area contributed by atoms with Gasteiger partial charge in [-0.25, -0.2) is 0 Å². The normalized spacial score (nSPS) is 17.8. The largest absolute Gasteiger partial charge is 0.355 e. The van der Waals surface area contributed by atoms with Crippen LogP contribution in [0.15, 0.2) is 34.0 Å². The average molecular weight is 522 g/mol. The topological polar surface area (TPSA) is 72.6 Å². The van der Waals surface area contributed by atoms with Crippen LogP contribution in [0.5, 0.6) is 0 Å². The Morgan fingerprint density at radius 2 is 1.78 bits per heavy atom. The molecule has 0 N–H and O–H groups in total. The standard InChI is InChI=1S/C27H31N5O2S2/c1-5-10-31-24(30-13-11-29(4)12-14-30)21(19(3)22(16-28)25(31)33)15-23-26(34)32(27(35)36-23)17-20-8-6-18(2)7-9-20/h6-9,15H,5,10-14,17H2,1-4H3. The summed E-state index contributed by atoms with van der Waals surface area (Å²) in [6, 6.07) is 10.2. The number of piperazine rings is 1. The van der Waals surface area contributed by atoms with Crippen molar-refractivity contribution in [1.29, 1.82) is 5.26 Å². The SMILES string of the molecule is CCCn1c(N2CCN(C)CC2)c(C=C2SC(=S)N(Cc3ccc(C)cc3)C2=O)c(C)c(C#N)c1=O. The predicted octanol–water partition coefficient (Wildman–Crippen LogP) is 3.90. The minimum absolute atomic E-state index is 0.128. The van der Waals surface area contributed by atoms with Crippen molar-refractivity contribution in [1.82, 2.24) is 14.4 Å². The first kappa shape index (κ1) is 26.1. The maximum absolute atomic E-state index is 13.5. The number of carbonyl (C=O) groups is 1. The molecule has 7 nitrogen and oxygen atoms in total. The van der Waals surface area contributed by atoms with Crippen LogP contribution >= 0.6 is 24.0 Å². The molecule has 3 heterocycles. The summed E-state index contributed by atoms with van der Waals surface area (Å²) in [4.78, 5) is 33.4. The van der Waals surface area contributed by atoms with Gasteiger partial charge in [-0.2, -0.15) is 5.26 Å². The van der Waals surface area contributed by atoms with Crippen molar-refractivity contribution < 1.29 is 4.79 Å². The first-order chi connectivity index (χ1) is 17.2. The quantitative estimate of drug-likeness (QED) is 0.422. The molecule has 0 atom stereocenters. The van der Waals surface area contributed by atoms with Gasteiger partial charge in [0.15, 0.2) is 0 Å². The first-order valence-electron chi connectivity index (χ1n) is 12.2. The van der Waals surface area contributed by atoms with Crippen LogP contribution in [0.4, 0.5) is 5.82 Å². The van der Waals surface area contributed by atoms with Crippen molar-refractivity contribution >= 4 is 46.1 Å². The maximum atomic E-state index is 13.5. The summed E-state index contributed by atoms with van der Waals surface area (Å²) in [5.74, 6) is 0.635. The van der Waals surface area contributed by atoms with Gasteiger partial charge < -0.3 is 9.80 Å². The van der Waals surface area contributed by atoms with Crippen LogP contribution in [0.25, 0.3) is 6.08 Å². The van der Waals surface area contributed by atoms with Gasteiger partial charge in [0, 0.05) is 38.3 Å². The van der Waals surface area contributed by atoms with E-state index < -0.39 is 0 Å². The number of aryl methyl sites for hydroxylation is 1. The van der Waals surface area contributed by atoms with Gasteiger partial charge in [0.2, 0.25) is 0 Å². The van der Waals surface area contributed by atoms with Crippen LogP contribution in [0.1, 0.15) is 41.2 Å². The Bertz CT molecular complexity index is 1320. The summed E-state index contributed by atoms with van der Waals surface area (Å²) < 4.78 is 2.23. The van der Waals surface area contributed by atoms with Crippen molar-refractivity contribution in [2.45, 2.75) is 40.3 Å². The van der Waals surface area contributed by atoms with Crippen LogP contribution in [-0.4, -0.2) is 57.8 Å². The number of thioether (sulfide) groups is 1. The van der Waals surface area contributed by atoms with Gasteiger partial charge in [-0.15, -0.1) is 0 Å². The minimum atomic E-state index is -0.269. The number of nitriles is 1. The summed E-state index contributed by atoms with van der Waals surface area (Å²) in [7, 11) is 2.08. The molecule has 2 aliphatic rings. The van der Waals surface area contributed by atoms with Gasteiger partial charge in [0.1, 0.15) is 21.8 Å². The first-order valence-corrected chi connectivity index (χ1v) is 13.4. The zero-order valence-corrected chi connectivity index (χ0v) is 22.8. The highest BCUT2D eigenvalue weighted by Gasteiger charge is 2.33. The molecule has 1 aromatic heterocycles. The maximum Gasteiger partial charge on any atom is 0.270 e. The number of amides is 1. The highest BCUT2D eigenvalue weighted by Crippen LogP contribution is 2.36. The molecule has 36 heavy (non-hydrogen) atoms. The summed E-state index contributed by atoms with van der Waals surface area (Å²) in [6.07, 6.45) is 2.59. The molecule has 2 saturated heterocycles. The van der Waals surface area contributed by atoms with Crippen LogP contribution in [-0.2, 0) is 17.9 Å². The van der Waals surface area contributed by atoms with Crippen molar-refractivity contribution in [3.05, 3.63) is 67.3 Å². The molecular weight excluding hydrogens is 490 g/mol. The number of pyridine rings is 1. The van der Waals surface area contributed by atoms with E-state index in [1.807, 2.05) is 44.2 Å². The molecule has 2 fully saturated rings. The number of nitrogens with zero attached hydrogens (tertiary/aromatic N) is 5. The number of thiocarbonyl (C=S) groups is 1. The van der Waals surface area contributed by atoms with E-state index in [1.54, 1.807) is 16.4 Å². The number of aromatic nitrogens is 1. The molecule has 4 rings (SSSR count). The van der Waals surface area contributed by atoms with E-state index in [-0.39, 0.29) is 17.0 Å². The summed E-state index contributed by atoms with van der Waals surface area (Å²) in [5.41, 5.74) is 3.38. The second-order valence-corrected chi connectivity index (χ2v) is 11.0. The molecular formula is C27H31N5O2S2. The molecule has 1 amide bonds. The second-order valence-electron chi connectivity index (χ2n) is 9.35. The van der Waals surface area contributed by atoms with Gasteiger partial charge in [-0.1, -0.05) is 60.7 Å². The molecule has 0 bridgehead atoms. The molecule has 0 spiro atoms. The van der Waals surface area contributed by atoms with E-state index in [9.17, 15) is 14.9 Å². The minimum Gasteiger partial charge on any atom is -0.355 e. The van der Waals surface area contributed by atoms with Crippen LogP contribution in [0.3, 0.4) is 0 Å². The molecule has 0 saturated carbocycles. The fraction of sp³-hybridized carbons (Fsp3) is 0.407. The van der Waals surface area contributed by atoms with Gasteiger partial charge in [0.05, 0.1) is 11.4 Å². The third-order valence-corrected chi connectivity index (χ3v) is 8.08. The van der Waals surface area contributed by atoms with E-state index in [2.05, 4.69) is 22.9 Å². The average Bonchev–Trinajstić information content (AvgIpc) is 3.12. The van der Waals surface area contributed by atoms with Crippen molar-refractivity contribution in [3.63, 3.8) is 0 Å². The highest BCUT2D eigenvalue weighted by molar-refractivity contribution is 8.26. The van der Waals surface area contributed by atoms with Crippen LogP contribution < -0.4 is 10.5 Å². The zero-order chi connectivity index (χ0) is 26.0. The van der Waals surface area contributed by atoms with Crippen molar-refractivity contribution in [2.75, 3.05) is 38.1 Å². The van der Waals surface area contributed by atoms with E-state index in [0.717, 1.165) is 55.1 Å². The Labute approximate surface area is 222 Å². The van der Waals surface area contributed by atoms with E-state index in [1.165, 1.54) is 11.8 Å². The van der Waals surface area contributed by atoms with Crippen molar-refractivity contribution in [2.24, 2.45) is 0 Å². The lowest BCUT2D eigenvalue weighted by atomic mass is 10.0. The number of benzene rings is 1. The molecule has 9 heteroatoms. The Kier molecular flexibility index (Phi) is 7.98. The van der Waals surface area contributed by atoms with E-state index >= 15 is 0 Å². The number of hydrogen-bond donors (Lipinski definition) is 0. The summed E-state index contributed by atoms with van der Waals surface area (Å²) in [5, 5.41) is 9.83. The zero-order valence-electron chi connectivity index (χ0n) is 21.2. The van der Waals surface area contributed by atoms with Gasteiger partial charge in [-0.3, -0.25) is 19.1 Å². The Balaban J connectivity index is 1.80. The second kappa shape index (κ2) is 11.0. The fourth-order valence-corrected chi connectivity index (χ4v) is 5.81. The Morgan fingerprint density at radius 1 is 1.11 bits per heavy atom. The van der Waals surface area contributed by atoms with Gasteiger partial charge in [-0.05, 0) is 44.5 Å².